The lowest BCUT2D eigenvalue weighted by molar-refractivity contribution is 0.306. The molecular weight excluding hydrogens is 315 g/mol. The zero-order chi connectivity index (χ0) is 12.0. The Hall–Kier alpha value is -0.290. The first-order valence-corrected chi connectivity index (χ1v) is 6.62. The van der Waals surface area contributed by atoms with E-state index in [-0.39, 0.29) is 6.61 Å². The molecule has 1 aromatic carbocycles. The van der Waals surface area contributed by atoms with E-state index in [0.717, 1.165) is 40.2 Å². The quantitative estimate of drug-likeness (QED) is 0.639. The zero-order valence-corrected chi connectivity index (χ0v) is 12.0. The summed E-state index contributed by atoms with van der Waals surface area (Å²) in [7, 11) is 0. The van der Waals surface area contributed by atoms with Gasteiger partial charge in [0.2, 0.25) is 0 Å². The molecule has 1 aromatic rings. The first-order chi connectivity index (χ1) is 7.67. The third-order valence-electron chi connectivity index (χ3n) is 2.37. The smallest absolute Gasteiger partial charge is 0.120 e. The van der Waals surface area contributed by atoms with Gasteiger partial charge in [0.05, 0.1) is 13.2 Å². The van der Waals surface area contributed by atoms with Gasteiger partial charge in [0, 0.05) is 9.49 Å². The Morgan fingerprint density at radius 2 is 2.12 bits per heavy atom. The lowest BCUT2D eigenvalue weighted by Crippen LogP contribution is -2.02. The van der Waals surface area contributed by atoms with Crippen LogP contribution in [-0.2, 0) is 0 Å². The fourth-order valence-electron chi connectivity index (χ4n) is 1.32. The summed E-state index contributed by atoms with van der Waals surface area (Å²) < 4.78 is 6.80. The third-order valence-corrected chi connectivity index (χ3v) is 2.99. The molecule has 2 nitrogen and oxygen atoms in total. The van der Waals surface area contributed by atoms with E-state index in [1.807, 2.05) is 19.1 Å². The molecule has 1 rings (SSSR count). The monoisotopic (exact) mass is 333 g/mol. The molecule has 0 spiro atoms. The second-order valence-corrected chi connectivity index (χ2v) is 5.06. The Labute approximate surface area is 111 Å². The SMILES string of the molecule is CCCCOc1cc(I)cc([C](C)CO)c1. The van der Waals surface area contributed by atoms with E-state index in [2.05, 4.69) is 35.6 Å². The fourth-order valence-corrected chi connectivity index (χ4v) is 1.96. The van der Waals surface area contributed by atoms with Crippen molar-refractivity contribution >= 4 is 22.6 Å². The molecule has 0 aliphatic carbocycles. The molecular formula is C13H18IO2. The number of ether oxygens (including phenoxy) is 1. The van der Waals surface area contributed by atoms with Crippen molar-refractivity contribution in [3.8, 4) is 5.75 Å². The van der Waals surface area contributed by atoms with Crippen LogP contribution in [0.25, 0.3) is 0 Å². The second kappa shape index (κ2) is 7.12. The molecule has 1 radical (unpaired) electrons. The van der Waals surface area contributed by atoms with E-state index in [1.54, 1.807) is 0 Å². The Kier molecular flexibility index (Phi) is 6.13. The van der Waals surface area contributed by atoms with Gasteiger partial charge in [-0.2, -0.15) is 0 Å². The number of rotatable bonds is 6. The Morgan fingerprint density at radius 1 is 1.38 bits per heavy atom. The summed E-state index contributed by atoms with van der Waals surface area (Å²) in [6, 6.07) is 6.06. The van der Waals surface area contributed by atoms with Crippen LogP contribution in [0.1, 0.15) is 32.3 Å². The van der Waals surface area contributed by atoms with Crippen LogP contribution in [0.15, 0.2) is 18.2 Å². The normalized spacial score (nSPS) is 10.8. The van der Waals surface area contributed by atoms with Crippen molar-refractivity contribution in [1.82, 2.24) is 0 Å². The van der Waals surface area contributed by atoms with Gasteiger partial charge in [-0.15, -0.1) is 0 Å². The summed E-state index contributed by atoms with van der Waals surface area (Å²) in [6.07, 6.45) is 2.21. The number of aliphatic hydroxyl groups is 1. The third kappa shape index (κ3) is 4.29. The highest BCUT2D eigenvalue weighted by Gasteiger charge is 2.07. The fraction of sp³-hybridized carbons (Fsp3) is 0.462. The molecule has 0 fully saturated rings. The number of hydrogen-bond acceptors (Lipinski definition) is 2. The van der Waals surface area contributed by atoms with Crippen molar-refractivity contribution in [2.24, 2.45) is 0 Å². The van der Waals surface area contributed by atoms with Gasteiger partial charge in [0.15, 0.2) is 0 Å². The molecule has 0 bridgehead atoms. The predicted molar refractivity (Wildman–Crippen MR) is 74.7 cm³/mol. The summed E-state index contributed by atoms with van der Waals surface area (Å²) >= 11 is 2.27. The number of benzene rings is 1. The molecule has 0 aliphatic rings. The summed E-state index contributed by atoms with van der Waals surface area (Å²) in [4.78, 5) is 0. The molecule has 0 atom stereocenters. The van der Waals surface area contributed by atoms with Crippen LogP contribution in [0, 0.1) is 9.49 Å². The van der Waals surface area contributed by atoms with Crippen molar-refractivity contribution < 1.29 is 9.84 Å². The number of halogens is 1. The molecule has 16 heavy (non-hydrogen) atoms. The van der Waals surface area contributed by atoms with E-state index in [9.17, 15) is 0 Å². The van der Waals surface area contributed by atoms with Crippen LogP contribution >= 0.6 is 22.6 Å². The van der Waals surface area contributed by atoms with Gasteiger partial charge in [-0.25, -0.2) is 0 Å². The van der Waals surface area contributed by atoms with Crippen molar-refractivity contribution in [3.63, 3.8) is 0 Å². The van der Waals surface area contributed by atoms with E-state index >= 15 is 0 Å². The van der Waals surface area contributed by atoms with Crippen LogP contribution in [-0.4, -0.2) is 18.3 Å². The summed E-state index contributed by atoms with van der Waals surface area (Å²) in [5.74, 6) is 1.86. The molecule has 0 saturated carbocycles. The Balaban J connectivity index is 2.73. The van der Waals surface area contributed by atoms with Gasteiger partial charge in [-0.05, 0) is 52.8 Å². The van der Waals surface area contributed by atoms with Crippen molar-refractivity contribution in [2.45, 2.75) is 26.7 Å². The maximum absolute atomic E-state index is 9.10. The van der Waals surface area contributed by atoms with Crippen molar-refractivity contribution in [2.75, 3.05) is 13.2 Å². The minimum atomic E-state index is 0.0918. The van der Waals surface area contributed by atoms with Gasteiger partial charge >= 0.3 is 0 Å². The highest BCUT2D eigenvalue weighted by molar-refractivity contribution is 14.1. The zero-order valence-electron chi connectivity index (χ0n) is 9.79. The average molecular weight is 333 g/mol. The van der Waals surface area contributed by atoms with E-state index in [4.69, 9.17) is 9.84 Å². The Morgan fingerprint density at radius 3 is 2.75 bits per heavy atom. The summed E-state index contributed by atoms with van der Waals surface area (Å²) in [5, 5.41) is 9.10. The first-order valence-electron chi connectivity index (χ1n) is 5.54. The largest absolute Gasteiger partial charge is 0.494 e. The lowest BCUT2D eigenvalue weighted by Gasteiger charge is -2.12. The molecule has 0 saturated heterocycles. The topological polar surface area (TPSA) is 29.5 Å². The molecule has 0 aromatic heterocycles. The van der Waals surface area contributed by atoms with Gasteiger partial charge < -0.3 is 9.84 Å². The first kappa shape index (κ1) is 13.8. The summed E-state index contributed by atoms with van der Waals surface area (Å²) in [6.45, 7) is 4.93. The second-order valence-electron chi connectivity index (χ2n) is 3.82. The molecule has 0 unspecified atom stereocenters. The van der Waals surface area contributed by atoms with Gasteiger partial charge in [-0.3, -0.25) is 0 Å². The minimum absolute atomic E-state index is 0.0918. The van der Waals surface area contributed by atoms with Crippen molar-refractivity contribution in [3.05, 3.63) is 33.3 Å². The van der Waals surface area contributed by atoms with Crippen molar-refractivity contribution in [1.29, 1.82) is 0 Å². The van der Waals surface area contributed by atoms with Gasteiger partial charge in [0.1, 0.15) is 5.75 Å². The van der Waals surface area contributed by atoms with Gasteiger partial charge in [0.25, 0.3) is 0 Å². The highest BCUT2D eigenvalue weighted by Crippen LogP contribution is 2.23. The maximum Gasteiger partial charge on any atom is 0.120 e. The number of hydrogen-bond donors (Lipinski definition) is 1. The average Bonchev–Trinajstić information content (AvgIpc) is 2.27. The molecule has 0 amide bonds. The van der Waals surface area contributed by atoms with E-state index < -0.39 is 0 Å². The van der Waals surface area contributed by atoms with E-state index in [0.29, 0.717) is 0 Å². The standard InChI is InChI=1S/C13H18IO2/c1-3-4-5-16-13-7-11(10(2)9-15)6-12(14)8-13/h6-8,15H,3-5,9H2,1-2H3. The molecule has 0 aliphatic heterocycles. The molecule has 3 heteroatoms. The van der Waals surface area contributed by atoms with Crippen LogP contribution < -0.4 is 4.74 Å². The van der Waals surface area contributed by atoms with Gasteiger partial charge in [-0.1, -0.05) is 20.3 Å². The Bertz CT molecular complexity index is 326. The maximum atomic E-state index is 9.10. The van der Waals surface area contributed by atoms with Crippen LogP contribution in [0.2, 0.25) is 0 Å². The number of unbranched alkanes of at least 4 members (excludes halogenated alkanes) is 1. The summed E-state index contributed by atoms with van der Waals surface area (Å²) in [5.41, 5.74) is 1.06. The minimum Gasteiger partial charge on any atom is -0.494 e. The van der Waals surface area contributed by atoms with Crippen LogP contribution in [0.5, 0.6) is 5.75 Å². The molecule has 89 valence electrons. The number of aliphatic hydroxyl groups excluding tert-OH is 1. The molecule has 0 heterocycles. The van der Waals surface area contributed by atoms with Crippen LogP contribution in [0.3, 0.4) is 0 Å². The van der Waals surface area contributed by atoms with E-state index in [1.165, 1.54) is 0 Å². The predicted octanol–water partition coefficient (Wildman–Crippen LogP) is 3.40. The lowest BCUT2D eigenvalue weighted by atomic mass is 10.0. The highest BCUT2D eigenvalue weighted by atomic mass is 127. The molecule has 1 N–H and O–H groups in total. The van der Waals surface area contributed by atoms with Crippen LogP contribution in [0.4, 0.5) is 0 Å².